The molecule has 0 aliphatic heterocycles. The molecule has 0 saturated carbocycles. The Kier molecular flexibility index (Phi) is 4.72. The number of hydrogen-bond donors (Lipinski definition) is 1. The Bertz CT molecular complexity index is 919. The number of nitrogens with zero attached hydrogens (tertiary/aromatic N) is 3. The highest BCUT2D eigenvalue weighted by molar-refractivity contribution is 7.89. The van der Waals surface area contributed by atoms with Crippen LogP contribution in [0.1, 0.15) is 11.1 Å². The van der Waals surface area contributed by atoms with Gasteiger partial charge in [-0.15, -0.1) is 0 Å². The van der Waals surface area contributed by atoms with Crippen LogP contribution in [-0.2, 0) is 16.6 Å². The average molecular weight is 340 g/mol. The number of benzene rings is 2. The lowest BCUT2D eigenvalue weighted by Gasteiger charge is -2.02. The van der Waals surface area contributed by atoms with Crippen LogP contribution in [-0.4, -0.2) is 24.4 Å². The van der Waals surface area contributed by atoms with Crippen LogP contribution in [0.2, 0.25) is 0 Å². The molecule has 6 nitrogen and oxygen atoms in total. The Morgan fingerprint density at radius 1 is 1.04 bits per heavy atom. The van der Waals surface area contributed by atoms with E-state index >= 15 is 0 Å². The third-order valence-electron chi connectivity index (χ3n) is 3.28. The van der Waals surface area contributed by atoms with E-state index in [1.807, 2.05) is 30.3 Å². The first-order valence-corrected chi connectivity index (χ1v) is 8.78. The van der Waals surface area contributed by atoms with Crippen LogP contribution >= 0.6 is 0 Å². The third-order valence-corrected chi connectivity index (χ3v) is 4.52. The predicted octanol–water partition coefficient (Wildman–Crippen LogP) is 2.24. The molecule has 0 amide bonds. The van der Waals surface area contributed by atoms with Crippen LogP contribution < -0.4 is 4.83 Å². The summed E-state index contributed by atoms with van der Waals surface area (Å²) in [6.45, 7) is 0.643. The molecule has 3 rings (SSSR count). The van der Waals surface area contributed by atoms with E-state index in [0.717, 1.165) is 5.56 Å². The summed E-state index contributed by atoms with van der Waals surface area (Å²) in [7, 11) is -3.65. The van der Waals surface area contributed by atoms with Gasteiger partial charge in [-0.1, -0.05) is 48.5 Å². The quantitative estimate of drug-likeness (QED) is 0.552. The maximum absolute atomic E-state index is 12.0. The van der Waals surface area contributed by atoms with E-state index in [2.05, 4.69) is 15.0 Å². The first-order valence-electron chi connectivity index (χ1n) is 7.30. The number of rotatable bonds is 6. The first-order chi connectivity index (χ1) is 11.6. The molecule has 3 aromatic rings. The van der Waals surface area contributed by atoms with Gasteiger partial charge in [-0.25, -0.2) is 4.83 Å². The van der Waals surface area contributed by atoms with Crippen LogP contribution in [0, 0.1) is 0 Å². The molecule has 0 atom stereocenters. The Labute approximate surface area is 140 Å². The van der Waals surface area contributed by atoms with Crippen molar-refractivity contribution in [1.29, 1.82) is 0 Å². The maximum atomic E-state index is 12.0. The highest BCUT2D eigenvalue weighted by Gasteiger charge is 2.11. The van der Waals surface area contributed by atoms with Gasteiger partial charge in [0.25, 0.3) is 10.0 Å². The van der Waals surface area contributed by atoms with Crippen LogP contribution in [0.3, 0.4) is 0 Å². The maximum Gasteiger partial charge on any atom is 0.276 e. The average Bonchev–Trinajstić information content (AvgIpc) is 3.04. The molecule has 0 aliphatic carbocycles. The highest BCUT2D eigenvalue weighted by atomic mass is 32.2. The summed E-state index contributed by atoms with van der Waals surface area (Å²) in [5.41, 5.74) is 1.84. The van der Waals surface area contributed by atoms with E-state index in [0.29, 0.717) is 12.1 Å². The van der Waals surface area contributed by atoms with Crippen LogP contribution in [0.4, 0.5) is 0 Å². The minimum Gasteiger partial charge on any atom is -0.268 e. The van der Waals surface area contributed by atoms with Crippen LogP contribution in [0.25, 0.3) is 0 Å². The zero-order chi connectivity index (χ0) is 16.8. The second-order valence-corrected chi connectivity index (χ2v) is 6.78. The van der Waals surface area contributed by atoms with Gasteiger partial charge < -0.3 is 0 Å². The summed E-state index contributed by atoms with van der Waals surface area (Å²) in [6, 6.07) is 18.0. The fraction of sp³-hybridized carbons (Fsp3) is 0.0588. The lowest BCUT2D eigenvalue weighted by Crippen LogP contribution is -2.18. The van der Waals surface area contributed by atoms with E-state index in [4.69, 9.17) is 0 Å². The second-order valence-electron chi connectivity index (χ2n) is 5.12. The number of hydrazone groups is 1. The van der Waals surface area contributed by atoms with Gasteiger partial charge in [0.15, 0.2) is 0 Å². The Balaban J connectivity index is 1.63. The van der Waals surface area contributed by atoms with E-state index < -0.39 is 10.0 Å². The lowest BCUT2D eigenvalue weighted by atomic mass is 10.2. The molecule has 1 heterocycles. The fourth-order valence-corrected chi connectivity index (χ4v) is 2.94. The molecule has 0 bridgehead atoms. The topological polar surface area (TPSA) is 76.3 Å². The van der Waals surface area contributed by atoms with E-state index in [1.165, 1.54) is 18.3 Å². The first kappa shape index (κ1) is 15.9. The minimum atomic E-state index is -3.65. The van der Waals surface area contributed by atoms with Crippen molar-refractivity contribution in [2.24, 2.45) is 5.10 Å². The zero-order valence-electron chi connectivity index (χ0n) is 12.8. The molecule has 0 radical (unpaired) electrons. The summed E-state index contributed by atoms with van der Waals surface area (Å²) in [4.78, 5) is 2.36. The largest absolute Gasteiger partial charge is 0.276 e. The van der Waals surface area contributed by atoms with Crippen molar-refractivity contribution in [3.63, 3.8) is 0 Å². The molecule has 1 N–H and O–H groups in total. The summed E-state index contributed by atoms with van der Waals surface area (Å²) in [5.74, 6) is 0. The number of aromatic nitrogens is 2. The van der Waals surface area contributed by atoms with Gasteiger partial charge in [-0.2, -0.15) is 18.6 Å². The van der Waals surface area contributed by atoms with Crippen molar-refractivity contribution in [2.45, 2.75) is 11.4 Å². The number of sulfonamides is 1. The summed E-state index contributed by atoms with van der Waals surface area (Å²) in [6.07, 6.45) is 4.85. The minimum absolute atomic E-state index is 0.168. The van der Waals surface area contributed by atoms with Crippen LogP contribution in [0.5, 0.6) is 0 Å². The molecule has 0 saturated heterocycles. The molecular formula is C17H16N4O2S. The van der Waals surface area contributed by atoms with Crippen molar-refractivity contribution >= 4 is 16.2 Å². The molecular weight excluding hydrogens is 324 g/mol. The van der Waals surface area contributed by atoms with Gasteiger partial charge in [0.2, 0.25) is 0 Å². The fourth-order valence-electron chi connectivity index (χ4n) is 2.13. The van der Waals surface area contributed by atoms with Crippen molar-refractivity contribution in [3.05, 3.63) is 84.2 Å². The van der Waals surface area contributed by atoms with Gasteiger partial charge in [0.1, 0.15) is 0 Å². The zero-order valence-corrected chi connectivity index (χ0v) is 13.6. The number of nitrogens with one attached hydrogen (secondary N) is 1. The Morgan fingerprint density at radius 3 is 2.42 bits per heavy atom. The summed E-state index contributed by atoms with van der Waals surface area (Å²) >= 11 is 0. The molecule has 2 aromatic carbocycles. The predicted molar refractivity (Wildman–Crippen MR) is 92.1 cm³/mol. The smallest absolute Gasteiger partial charge is 0.268 e. The van der Waals surface area contributed by atoms with Gasteiger partial charge in [-0.3, -0.25) is 4.68 Å². The molecule has 0 aliphatic rings. The normalized spacial score (nSPS) is 11.7. The molecule has 24 heavy (non-hydrogen) atoms. The molecule has 122 valence electrons. The van der Waals surface area contributed by atoms with Crippen LogP contribution in [0.15, 0.2) is 83.1 Å². The van der Waals surface area contributed by atoms with Crippen molar-refractivity contribution in [1.82, 2.24) is 14.6 Å². The van der Waals surface area contributed by atoms with E-state index in [1.54, 1.807) is 35.3 Å². The Morgan fingerprint density at radius 2 is 1.71 bits per heavy atom. The van der Waals surface area contributed by atoms with Crippen molar-refractivity contribution in [3.8, 4) is 0 Å². The molecule has 0 unspecified atom stereocenters. The SMILES string of the molecule is O=S(=O)(N/N=C/c1cnn(Cc2ccccc2)c1)c1ccccc1. The second kappa shape index (κ2) is 7.10. The monoisotopic (exact) mass is 340 g/mol. The molecule has 7 heteroatoms. The summed E-state index contributed by atoms with van der Waals surface area (Å²) < 4.78 is 25.8. The van der Waals surface area contributed by atoms with E-state index in [9.17, 15) is 8.42 Å². The van der Waals surface area contributed by atoms with Crippen molar-refractivity contribution in [2.75, 3.05) is 0 Å². The molecule has 0 spiro atoms. The highest BCUT2D eigenvalue weighted by Crippen LogP contribution is 2.07. The van der Waals surface area contributed by atoms with Gasteiger partial charge in [0.05, 0.1) is 23.9 Å². The third kappa shape index (κ3) is 4.08. The van der Waals surface area contributed by atoms with Crippen molar-refractivity contribution < 1.29 is 8.42 Å². The summed E-state index contributed by atoms with van der Waals surface area (Å²) in [5, 5.41) is 8.03. The molecule has 0 fully saturated rings. The van der Waals surface area contributed by atoms with Gasteiger partial charge >= 0.3 is 0 Å². The molecule has 1 aromatic heterocycles. The number of hydrogen-bond acceptors (Lipinski definition) is 4. The lowest BCUT2D eigenvalue weighted by molar-refractivity contribution is 0.584. The van der Waals surface area contributed by atoms with Gasteiger partial charge in [-0.05, 0) is 17.7 Å². The Hall–Kier alpha value is -2.93. The standard InChI is InChI=1S/C17H16N4O2S/c22-24(23,17-9-5-2-6-10-17)20-18-11-16-12-19-21(14-16)13-15-7-3-1-4-8-15/h1-12,14,20H,13H2/b18-11+. The van der Waals surface area contributed by atoms with Gasteiger partial charge in [0, 0.05) is 11.8 Å². The van der Waals surface area contributed by atoms with E-state index in [-0.39, 0.29) is 4.90 Å².